The summed E-state index contributed by atoms with van der Waals surface area (Å²) in [5.41, 5.74) is 1.97. The van der Waals surface area contributed by atoms with Crippen LogP contribution in [0.4, 0.5) is 5.69 Å². The largest absolute Gasteiger partial charge is 0.491 e. The Kier molecular flexibility index (Phi) is 6.14. The lowest BCUT2D eigenvalue weighted by molar-refractivity contribution is -0.122. The second-order valence-electron chi connectivity index (χ2n) is 6.45. The monoisotopic (exact) mass is 374 g/mol. The van der Waals surface area contributed by atoms with Crippen molar-refractivity contribution in [2.75, 3.05) is 31.2 Å². The summed E-state index contributed by atoms with van der Waals surface area (Å²) in [5, 5.41) is 9.43. The molecule has 1 heterocycles. The van der Waals surface area contributed by atoms with E-state index in [4.69, 9.17) is 21.4 Å². The van der Waals surface area contributed by atoms with Crippen LogP contribution < -0.4 is 9.64 Å². The molecule has 0 spiro atoms. The number of hydrogen-bond acceptors (Lipinski definition) is 4. The Bertz CT molecular complexity index is 751. The Morgan fingerprint density at radius 2 is 2.00 bits per heavy atom. The van der Waals surface area contributed by atoms with Gasteiger partial charge >= 0.3 is 0 Å². The fourth-order valence-electron chi connectivity index (χ4n) is 3.09. The number of carbonyl (C=O) groups is 1. The first kappa shape index (κ1) is 18.7. The van der Waals surface area contributed by atoms with E-state index >= 15 is 0 Å². The summed E-state index contributed by atoms with van der Waals surface area (Å²) in [5.74, 6) is 0.811. The average Bonchev–Trinajstić information content (AvgIpc) is 2.64. The van der Waals surface area contributed by atoms with E-state index in [1.54, 1.807) is 4.90 Å². The van der Waals surface area contributed by atoms with Gasteiger partial charge in [0.1, 0.15) is 12.4 Å². The van der Waals surface area contributed by atoms with Gasteiger partial charge in [-0.15, -0.1) is 0 Å². The normalized spacial score (nSPS) is 18.2. The minimum absolute atomic E-state index is 0.00170. The third-order valence-electron chi connectivity index (χ3n) is 4.50. The van der Waals surface area contributed by atoms with Crippen LogP contribution in [0, 0.1) is 0 Å². The van der Waals surface area contributed by atoms with Gasteiger partial charge in [-0.25, -0.2) is 0 Å². The van der Waals surface area contributed by atoms with Crippen LogP contribution in [-0.2, 0) is 11.3 Å². The minimum atomic E-state index is -0.00170. The third-order valence-corrected chi connectivity index (χ3v) is 4.73. The zero-order chi connectivity index (χ0) is 18.5. The molecule has 138 valence electrons. The summed E-state index contributed by atoms with van der Waals surface area (Å²) in [6.07, 6.45) is 0. The van der Waals surface area contributed by atoms with E-state index in [9.17, 15) is 4.79 Å². The van der Waals surface area contributed by atoms with Crippen LogP contribution in [-0.4, -0.2) is 48.3 Å². The quantitative estimate of drug-likeness (QED) is 0.844. The van der Waals surface area contributed by atoms with E-state index in [-0.39, 0.29) is 25.2 Å². The summed E-state index contributed by atoms with van der Waals surface area (Å²) >= 11 is 6.06. The fraction of sp³-hybridized carbons (Fsp3) is 0.350. The van der Waals surface area contributed by atoms with Crippen molar-refractivity contribution < 1.29 is 14.6 Å². The second-order valence-corrected chi connectivity index (χ2v) is 6.89. The molecule has 1 saturated heterocycles. The maximum absolute atomic E-state index is 12.6. The molecule has 0 unspecified atom stereocenters. The molecule has 0 saturated carbocycles. The summed E-state index contributed by atoms with van der Waals surface area (Å²) in [6.45, 7) is 4.13. The van der Waals surface area contributed by atoms with Gasteiger partial charge in [0.2, 0.25) is 5.91 Å². The number of aliphatic hydroxyl groups is 1. The Morgan fingerprint density at radius 3 is 2.69 bits per heavy atom. The Balaban J connectivity index is 1.63. The van der Waals surface area contributed by atoms with E-state index in [2.05, 4.69) is 11.8 Å². The van der Waals surface area contributed by atoms with Crippen LogP contribution in [0.1, 0.15) is 12.5 Å². The molecule has 1 fully saturated rings. The molecule has 0 bridgehead atoms. The molecular weight excluding hydrogens is 352 g/mol. The lowest BCUT2D eigenvalue weighted by atomic mass is 10.1. The van der Waals surface area contributed by atoms with Crippen molar-refractivity contribution in [3.63, 3.8) is 0 Å². The van der Waals surface area contributed by atoms with Gasteiger partial charge in [0, 0.05) is 29.8 Å². The lowest BCUT2D eigenvalue weighted by Gasteiger charge is -2.39. The number of ether oxygens (including phenoxy) is 1. The smallest absolute Gasteiger partial charge is 0.241 e. The highest BCUT2D eigenvalue weighted by Crippen LogP contribution is 2.24. The summed E-state index contributed by atoms with van der Waals surface area (Å²) in [4.78, 5) is 16.6. The van der Waals surface area contributed by atoms with Gasteiger partial charge < -0.3 is 14.7 Å². The highest BCUT2D eigenvalue weighted by molar-refractivity contribution is 6.30. The number of amides is 1. The number of hydrogen-bond donors (Lipinski definition) is 1. The van der Waals surface area contributed by atoms with Crippen LogP contribution in [0.2, 0.25) is 5.02 Å². The molecule has 1 atom stereocenters. The van der Waals surface area contributed by atoms with E-state index in [0.717, 1.165) is 17.0 Å². The van der Waals surface area contributed by atoms with Crippen LogP contribution >= 0.6 is 11.6 Å². The maximum Gasteiger partial charge on any atom is 0.241 e. The molecule has 1 amide bonds. The van der Waals surface area contributed by atoms with Crippen LogP contribution in [0.5, 0.6) is 5.75 Å². The summed E-state index contributed by atoms with van der Waals surface area (Å²) < 4.78 is 5.38. The Labute approximate surface area is 158 Å². The van der Waals surface area contributed by atoms with Crippen molar-refractivity contribution in [2.45, 2.75) is 19.5 Å². The van der Waals surface area contributed by atoms with E-state index < -0.39 is 0 Å². The standard InChI is InChI=1S/C20H23ClN2O3/c1-15-12-23(18-4-2-3-17(21)11-18)20(25)14-22(15)13-16-5-7-19(8-6-16)26-10-9-24/h2-8,11,15,24H,9-10,12-14H2,1H3/t15-/m0/s1. The SMILES string of the molecule is C[C@H]1CN(c2cccc(Cl)c2)C(=O)CN1Cc1ccc(OCCO)cc1. The average molecular weight is 375 g/mol. The van der Waals surface area contributed by atoms with Crippen LogP contribution in [0.3, 0.4) is 0 Å². The lowest BCUT2D eigenvalue weighted by Crippen LogP contribution is -2.54. The van der Waals surface area contributed by atoms with Gasteiger partial charge in [0.15, 0.2) is 0 Å². The van der Waals surface area contributed by atoms with E-state index in [1.807, 2.05) is 48.5 Å². The minimum Gasteiger partial charge on any atom is -0.491 e. The predicted molar refractivity (Wildman–Crippen MR) is 103 cm³/mol. The molecule has 1 N–H and O–H groups in total. The molecule has 0 aromatic heterocycles. The number of halogens is 1. The molecule has 1 aliphatic heterocycles. The molecule has 1 aliphatic rings. The molecule has 0 aliphatic carbocycles. The van der Waals surface area contributed by atoms with Crippen molar-refractivity contribution in [3.8, 4) is 5.75 Å². The van der Waals surface area contributed by atoms with Gasteiger partial charge in [0.05, 0.1) is 13.2 Å². The zero-order valence-electron chi connectivity index (χ0n) is 14.8. The molecule has 5 nitrogen and oxygen atoms in total. The zero-order valence-corrected chi connectivity index (χ0v) is 15.5. The van der Waals surface area contributed by atoms with Crippen molar-refractivity contribution in [1.29, 1.82) is 0 Å². The third kappa shape index (κ3) is 4.55. The van der Waals surface area contributed by atoms with Crippen LogP contribution in [0.25, 0.3) is 0 Å². The fourth-order valence-corrected chi connectivity index (χ4v) is 3.28. The van der Waals surface area contributed by atoms with Crippen molar-refractivity contribution >= 4 is 23.2 Å². The Morgan fingerprint density at radius 1 is 1.23 bits per heavy atom. The van der Waals surface area contributed by atoms with E-state index in [0.29, 0.717) is 24.7 Å². The molecule has 0 radical (unpaired) electrons. The topological polar surface area (TPSA) is 53.0 Å². The molecule has 3 rings (SSSR count). The van der Waals surface area contributed by atoms with Gasteiger partial charge in [-0.2, -0.15) is 0 Å². The Hall–Kier alpha value is -2.08. The van der Waals surface area contributed by atoms with Gasteiger partial charge in [-0.1, -0.05) is 29.8 Å². The first-order valence-electron chi connectivity index (χ1n) is 8.69. The molecular formula is C20H23ClN2O3. The second kappa shape index (κ2) is 8.54. The molecule has 26 heavy (non-hydrogen) atoms. The van der Waals surface area contributed by atoms with Gasteiger partial charge in [-0.3, -0.25) is 9.69 Å². The number of carbonyl (C=O) groups excluding carboxylic acids is 1. The van der Waals surface area contributed by atoms with Crippen molar-refractivity contribution in [3.05, 3.63) is 59.1 Å². The molecule has 6 heteroatoms. The number of benzene rings is 2. The highest BCUT2D eigenvalue weighted by atomic mass is 35.5. The first-order valence-corrected chi connectivity index (χ1v) is 9.07. The number of piperazine rings is 1. The number of rotatable bonds is 6. The number of aliphatic hydroxyl groups excluding tert-OH is 1. The van der Waals surface area contributed by atoms with Gasteiger partial charge in [0.25, 0.3) is 0 Å². The summed E-state index contributed by atoms with van der Waals surface area (Å²) in [7, 11) is 0. The van der Waals surface area contributed by atoms with E-state index in [1.165, 1.54) is 0 Å². The maximum atomic E-state index is 12.6. The molecule has 2 aromatic carbocycles. The highest BCUT2D eigenvalue weighted by Gasteiger charge is 2.30. The summed E-state index contributed by atoms with van der Waals surface area (Å²) in [6, 6.07) is 15.4. The van der Waals surface area contributed by atoms with Crippen LogP contribution in [0.15, 0.2) is 48.5 Å². The number of anilines is 1. The number of nitrogens with zero attached hydrogens (tertiary/aromatic N) is 2. The molecule has 2 aromatic rings. The first-order chi connectivity index (χ1) is 12.6. The van der Waals surface area contributed by atoms with Crippen molar-refractivity contribution in [2.24, 2.45) is 0 Å². The van der Waals surface area contributed by atoms with Gasteiger partial charge in [-0.05, 0) is 42.8 Å². The van der Waals surface area contributed by atoms with Crippen molar-refractivity contribution in [1.82, 2.24) is 4.90 Å². The predicted octanol–water partition coefficient (Wildman–Crippen LogP) is 2.95.